The summed E-state index contributed by atoms with van der Waals surface area (Å²) >= 11 is 0. The number of nitrogens with zero attached hydrogens (tertiary/aromatic N) is 1. The van der Waals surface area contributed by atoms with Crippen LogP contribution >= 0.6 is 0 Å². The molecule has 0 aliphatic carbocycles. The second-order valence-electron chi connectivity index (χ2n) is 4.41. The number of aryl methyl sites for hydroxylation is 1. The third-order valence-corrected chi connectivity index (χ3v) is 2.89. The number of carboxylic acids is 1. The number of aliphatic carboxylic acids is 1. The molecule has 5 heteroatoms. The molecule has 1 unspecified atom stereocenters. The highest BCUT2D eigenvalue weighted by molar-refractivity contribution is 6.01. The van der Waals surface area contributed by atoms with Crippen LogP contribution in [-0.4, -0.2) is 29.6 Å². The number of benzene rings is 1. The minimum Gasteiger partial charge on any atom is -0.481 e. The van der Waals surface area contributed by atoms with E-state index in [1.807, 2.05) is 13.0 Å². The zero-order valence-corrected chi connectivity index (χ0v) is 10.6. The van der Waals surface area contributed by atoms with Crippen molar-refractivity contribution in [2.75, 3.05) is 11.4 Å². The van der Waals surface area contributed by atoms with Crippen LogP contribution in [0, 0.1) is 6.92 Å². The maximum Gasteiger partial charge on any atom is 0.307 e. The van der Waals surface area contributed by atoms with E-state index >= 15 is 0 Å². The molecule has 0 radical (unpaired) electrons. The molecule has 0 saturated heterocycles. The van der Waals surface area contributed by atoms with Crippen LogP contribution in [0.25, 0.3) is 0 Å². The van der Waals surface area contributed by atoms with Gasteiger partial charge in [0.1, 0.15) is 5.75 Å². The van der Waals surface area contributed by atoms with Gasteiger partial charge in [-0.05, 0) is 24.6 Å². The number of amides is 1. The number of fused-ring (bicyclic) bond motifs is 1. The minimum atomic E-state index is -1.06. The predicted octanol–water partition coefficient (Wildman–Crippen LogP) is 1.75. The Hall–Kier alpha value is -2.30. The number of hydrogen-bond acceptors (Lipinski definition) is 3. The van der Waals surface area contributed by atoms with E-state index in [4.69, 9.17) is 9.84 Å². The van der Waals surface area contributed by atoms with Crippen molar-refractivity contribution in [3.8, 4) is 5.75 Å². The molecule has 0 bridgehead atoms. The Kier molecular flexibility index (Phi) is 3.55. The van der Waals surface area contributed by atoms with Gasteiger partial charge in [0.05, 0.1) is 12.1 Å². The molecule has 5 nitrogen and oxygen atoms in total. The summed E-state index contributed by atoms with van der Waals surface area (Å²) in [6.07, 6.45) is 0.275. The molecule has 1 aliphatic heterocycles. The van der Waals surface area contributed by atoms with Crippen LogP contribution in [0.3, 0.4) is 0 Å². The van der Waals surface area contributed by atoms with Crippen molar-refractivity contribution in [1.29, 1.82) is 0 Å². The van der Waals surface area contributed by atoms with E-state index < -0.39 is 12.1 Å². The van der Waals surface area contributed by atoms with Crippen molar-refractivity contribution >= 4 is 17.6 Å². The van der Waals surface area contributed by atoms with Crippen molar-refractivity contribution in [3.05, 3.63) is 36.4 Å². The number of ether oxygens (including phenoxy) is 1. The Labute approximate surface area is 111 Å². The first kappa shape index (κ1) is 13.1. The summed E-state index contributed by atoms with van der Waals surface area (Å²) in [7, 11) is 0. The second kappa shape index (κ2) is 5.14. The molecule has 0 saturated carbocycles. The van der Waals surface area contributed by atoms with Crippen molar-refractivity contribution in [2.24, 2.45) is 0 Å². The van der Waals surface area contributed by atoms with Gasteiger partial charge >= 0.3 is 5.97 Å². The van der Waals surface area contributed by atoms with E-state index in [-0.39, 0.29) is 12.3 Å². The third kappa shape index (κ3) is 2.59. The molecular weight excluding hydrogens is 246 g/mol. The number of rotatable bonds is 4. The van der Waals surface area contributed by atoms with Crippen LogP contribution in [-0.2, 0) is 9.59 Å². The van der Waals surface area contributed by atoms with Crippen LogP contribution in [0.15, 0.2) is 30.9 Å². The van der Waals surface area contributed by atoms with Crippen LogP contribution < -0.4 is 9.64 Å². The smallest absolute Gasteiger partial charge is 0.307 e. The Morgan fingerprint density at radius 3 is 2.95 bits per heavy atom. The highest BCUT2D eigenvalue weighted by atomic mass is 16.5. The lowest BCUT2D eigenvalue weighted by atomic mass is 10.1. The average Bonchev–Trinajstić information content (AvgIpc) is 2.33. The molecule has 1 heterocycles. The van der Waals surface area contributed by atoms with Crippen LogP contribution in [0.1, 0.15) is 12.0 Å². The number of carbonyl (C=O) groups is 2. The van der Waals surface area contributed by atoms with Gasteiger partial charge in [-0.15, -0.1) is 6.58 Å². The van der Waals surface area contributed by atoms with Crippen LogP contribution in [0.2, 0.25) is 0 Å². The quantitative estimate of drug-likeness (QED) is 0.838. The molecular formula is C14H15NO4. The van der Waals surface area contributed by atoms with Crippen LogP contribution in [0.4, 0.5) is 5.69 Å². The molecule has 0 spiro atoms. The molecule has 1 amide bonds. The Balaban J connectivity index is 2.40. The lowest BCUT2D eigenvalue weighted by Crippen LogP contribution is -2.46. The van der Waals surface area contributed by atoms with Gasteiger partial charge in [0, 0.05) is 6.54 Å². The fourth-order valence-corrected chi connectivity index (χ4v) is 2.04. The molecule has 1 N–H and O–H groups in total. The second-order valence-corrected chi connectivity index (χ2v) is 4.41. The van der Waals surface area contributed by atoms with E-state index in [1.165, 1.54) is 4.90 Å². The summed E-state index contributed by atoms with van der Waals surface area (Å²) < 4.78 is 5.51. The fourth-order valence-electron chi connectivity index (χ4n) is 2.04. The molecule has 1 aromatic rings. The lowest BCUT2D eigenvalue weighted by Gasteiger charge is -2.33. The molecule has 19 heavy (non-hydrogen) atoms. The Morgan fingerprint density at radius 2 is 2.32 bits per heavy atom. The molecule has 2 rings (SSSR count). The largest absolute Gasteiger partial charge is 0.481 e. The Bertz CT molecular complexity index is 538. The molecule has 1 aromatic carbocycles. The van der Waals surface area contributed by atoms with Gasteiger partial charge in [-0.3, -0.25) is 9.59 Å². The van der Waals surface area contributed by atoms with E-state index in [1.54, 1.807) is 18.2 Å². The molecule has 100 valence electrons. The van der Waals surface area contributed by atoms with Crippen molar-refractivity contribution in [3.63, 3.8) is 0 Å². The van der Waals surface area contributed by atoms with E-state index in [0.29, 0.717) is 18.0 Å². The zero-order valence-electron chi connectivity index (χ0n) is 10.6. The van der Waals surface area contributed by atoms with Gasteiger partial charge in [-0.2, -0.15) is 0 Å². The third-order valence-electron chi connectivity index (χ3n) is 2.89. The summed E-state index contributed by atoms with van der Waals surface area (Å²) in [5.74, 6) is -0.876. The maximum atomic E-state index is 12.2. The lowest BCUT2D eigenvalue weighted by molar-refractivity contribution is -0.142. The molecule has 1 atom stereocenters. The van der Waals surface area contributed by atoms with Gasteiger partial charge < -0.3 is 14.7 Å². The summed E-state index contributed by atoms with van der Waals surface area (Å²) in [6, 6.07) is 5.47. The predicted molar refractivity (Wildman–Crippen MR) is 70.4 cm³/mol. The average molecular weight is 261 g/mol. The molecule has 0 aromatic heterocycles. The Morgan fingerprint density at radius 1 is 1.58 bits per heavy atom. The number of hydrogen-bond donors (Lipinski definition) is 1. The summed E-state index contributed by atoms with van der Waals surface area (Å²) in [5.41, 5.74) is 1.64. The minimum absolute atomic E-state index is 0.328. The summed E-state index contributed by atoms with van der Waals surface area (Å²) in [5, 5.41) is 8.83. The summed E-state index contributed by atoms with van der Waals surface area (Å²) in [4.78, 5) is 24.5. The first-order valence-electron chi connectivity index (χ1n) is 5.94. The van der Waals surface area contributed by atoms with Gasteiger partial charge in [-0.1, -0.05) is 12.1 Å². The van der Waals surface area contributed by atoms with Gasteiger partial charge in [0.25, 0.3) is 5.91 Å². The molecule has 1 aliphatic rings. The zero-order chi connectivity index (χ0) is 14.0. The van der Waals surface area contributed by atoms with E-state index in [2.05, 4.69) is 6.58 Å². The fraction of sp³-hybridized carbons (Fsp3) is 0.286. The first-order chi connectivity index (χ1) is 9.02. The van der Waals surface area contributed by atoms with Crippen molar-refractivity contribution < 1.29 is 19.4 Å². The van der Waals surface area contributed by atoms with Gasteiger partial charge in [-0.25, -0.2) is 0 Å². The highest BCUT2D eigenvalue weighted by Crippen LogP contribution is 2.35. The molecule has 0 fully saturated rings. The van der Waals surface area contributed by atoms with Crippen LogP contribution in [0.5, 0.6) is 5.75 Å². The standard InChI is InChI=1S/C14H15NO4/c1-3-6-15-10-5-4-9(2)7-11(10)19-12(14(15)18)8-13(16)17/h3-5,7,12H,1,6,8H2,2H3,(H,16,17). The number of carbonyl (C=O) groups excluding carboxylic acids is 1. The van der Waals surface area contributed by atoms with Gasteiger partial charge in [0.2, 0.25) is 0 Å². The van der Waals surface area contributed by atoms with Gasteiger partial charge in [0.15, 0.2) is 6.10 Å². The van der Waals surface area contributed by atoms with Crippen molar-refractivity contribution in [1.82, 2.24) is 0 Å². The highest BCUT2D eigenvalue weighted by Gasteiger charge is 2.35. The number of anilines is 1. The first-order valence-corrected chi connectivity index (χ1v) is 5.94. The van der Waals surface area contributed by atoms with E-state index in [9.17, 15) is 9.59 Å². The SMILES string of the molecule is C=CCN1C(=O)C(CC(=O)O)Oc2cc(C)ccc21. The topological polar surface area (TPSA) is 66.8 Å². The normalized spacial score (nSPS) is 17.6. The monoisotopic (exact) mass is 261 g/mol. The van der Waals surface area contributed by atoms with Crippen molar-refractivity contribution in [2.45, 2.75) is 19.4 Å². The summed E-state index contributed by atoms with van der Waals surface area (Å²) in [6.45, 7) is 5.85. The maximum absolute atomic E-state index is 12.2. The van der Waals surface area contributed by atoms with E-state index in [0.717, 1.165) is 5.56 Å². The number of carboxylic acid groups (broad SMARTS) is 1.